The molecule has 2 N–H and O–H groups in total. The highest BCUT2D eigenvalue weighted by atomic mass is 32.2. The fourth-order valence-corrected chi connectivity index (χ4v) is 6.08. The van der Waals surface area contributed by atoms with Crippen LogP contribution in [0.4, 0.5) is 10.1 Å². The van der Waals surface area contributed by atoms with Crippen LogP contribution >= 0.6 is 0 Å². The van der Waals surface area contributed by atoms with E-state index in [1.165, 1.54) is 24.1 Å². The number of anilines is 1. The van der Waals surface area contributed by atoms with Crippen molar-refractivity contribution in [2.45, 2.75) is 43.7 Å². The predicted octanol–water partition coefficient (Wildman–Crippen LogP) is 2.73. The van der Waals surface area contributed by atoms with Crippen LogP contribution in [0.15, 0.2) is 47.4 Å². The summed E-state index contributed by atoms with van der Waals surface area (Å²) in [5.74, 6) is -1.59. The molecule has 4 rings (SSSR count). The van der Waals surface area contributed by atoms with Gasteiger partial charge in [0.1, 0.15) is 11.9 Å². The maximum Gasteiger partial charge on any atom is 0.258 e. The number of fused-ring (bicyclic) bond motifs is 1. The number of carbonyl (C=O) groups is 2. The summed E-state index contributed by atoms with van der Waals surface area (Å²) >= 11 is 0. The molecule has 2 aromatic carbocycles. The average Bonchev–Trinajstić information content (AvgIpc) is 2.95. The Labute approximate surface area is 234 Å². The van der Waals surface area contributed by atoms with Crippen LogP contribution in [0, 0.1) is 17.7 Å². The quantitative estimate of drug-likeness (QED) is 0.494. The summed E-state index contributed by atoms with van der Waals surface area (Å²) in [5.41, 5.74) is 0.508. The van der Waals surface area contributed by atoms with E-state index >= 15 is 0 Å². The molecule has 1 saturated heterocycles. The van der Waals surface area contributed by atoms with Crippen LogP contribution in [0.3, 0.4) is 0 Å². The number of nitrogens with zero attached hydrogens (tertiary/aromatic N) is 2. The highest BCUT2D eigenvalue weighted by Crippen LogP contribution is 2.36. The molecule has 2 aromatic rings. The first kappa shape index (κ1) is 29.9. The Kier molecular flexibility index (Phi) is 9.44. The van der Waals surface area contributed by atoms with Gasteiger partial charge in [0.05, 0.1) is 35.3 Å². The van der Waals surface area contributed by atoms with Gasteiger partial charge in [-0.1, -0.05) is 13.0 Å². The number of aliphatic hydroxyl groups is 1. The Hall–Kier alpha value is -3.06. The minimum Gasteiger partial charge on any atom is -0.486 e. The standard InChI is InChI=1S/C28H36FN3O7S/c1-18-15-32(19(2)17-33)28(35)23-5-4-6-24(30-27(34)20-11-13-38-14-12-20)26(23)39-25(18)16-31(3)40(36,37)22-9-7-21(29)8-10-22/h4-10,18-20,25,33H,11-17H2,1-3H3,(H,30,34)/t18-,19+,25-/m0/s1. The van der Waals surface area contributed by atoms with Crippen molar-refractivity contribution in [2.75, 3.05) is 45.3 Å². The van der Waals surface area contributed by atoms with Crippen LogP contribution in [0.1, 0.15) is 37.0 Å². The van der Waals surface area contributed by atoms with Gasteiger partial charge in [0.2, 0.25) is 15.9 Å². The van der Waals surface area contributed by atoms with Crippen LogP contribution < -0.4 is 10.1 Å². The summed E-state index contributed by atoms with van der Waals surface area (Å²) in [5, 5.41) is 12.8. The van der Waals surface area contributed by atoms with Gasteiger partial charge in [-0.25, -0.2) is 12.8 Å². The molecule has 0 aromatic heterocycles. The number of hydrogen-bond acceptors (Lipinski definition) is 7. The third kappa shape index (κ3) is 6.46. The largest absolute Gasteiger partial charge is 0.486 e. The first-order valence-corrected chi connectivity index (χ1v) is 14.8. The summed E-state index contributed by atoms with van der Waals surface area (Å²) in [6, 6.07) is 8.93. The van der Waals surface area contributed by atoms with E-state index in [1.54, 1.807) is 25.1 Å². The summed E-state index contributed by atoms with van der Waals surface area (Å²) in [4.78, 5) is 28.2. The zero-order valence-electron chi connectivity index (χ0n) is 22.9. The zero-order chi connectivity index (χ0) is 29.0. The number of rotatable bonds is 8. The summed E-state index contributed by atoms with van der Waals surface area (Å²) in [7, 11) is -2.57. The maximum absolute atomic E-state index is 13.6. The Morgan fingerprint density at radius 2 is 1.88 bits per heavy atom. The summed E-state index contributed by atoms with van der Waals surface area (Å²) in [6.45, 7) is 4.39. The first-order chi connectivity index (χ1) is 19.0. The van der Waals surface area contributed by atoms with Gasteiger partial charge in [0.15, 0.2) is 5.75 Å². The van der Waals surface area contributed by atoms with E-state index in [4.69, 9.17) is 9.47 Å². The lowest BCUT2D eigenvalue weighted by Gasteiger charge is -2.38. The molecule has 40 heavy (non-hydrogen) atoms. The molecular weight excluding hydrogens is 541 g/mol. The van der Waals surface area contributed by atoms with Gasteiger partial charge in [-0.2, -0.15) is 4.31 Å². The lowest BCUT2D eigenvalue weighted by Crippen LogP contribution is -2.50. The molecule has 2 aliphatic rings. The zero-order valence-corrected chi connectivity index (χ0v) is 23.7. The van der Waals surface area contributed by atoms with Gasteiger partial charge in [0.25, 0.3) is 5.91 Å². The molecule has 218 valence electrons. The maximum atomic E-state index is 13.6. The normalized spacial score (nSPS) is 21.2. The number of benzene rings is 2. The molecule has 0 bridgehead atoms. The van der Waals surface area contributed by atoms with Crippen molar-refractivity contribution < 1.29 is 37.0 Å². The third-order valence-corrected chi connectivity index (χ3v) is 9.34. The molecule has 0 saturated carbocycles. The van der Waals surface area contributed by atoms with Crippen LogP contribution in [0.25, 0.3) is 0 Å². The van der Waals surface area contributed by atoms with Crippen LogP contribution in [0.5, 0.6) is 5.75 Å². The molecule has 0 unspecified atom stereocenters. The number of para-hydroxylation sites is 1. The molecule has 12 heteroatoms. The SMILES string of the molecule is C[C@H](CO)N1C[C@H](C)[C@H](CN(C)S(=O)(=O)c2ccc(F)cc2)Oc2c(NC(=O)C3CCOCC3)cccc2C1=O. The van der Waals surface area contributed by atoms with Crippen molar-refractivity contribution in [1.29, 1.82) is 0 Å². The number of ether oxygens (including phenoxy) is 2. The second-order valence-corrected chi connectivity index (χ2v) is 12.5. The van der Waals surface area contributed by atoms with E-state index in [1.807, 2.05) is 6.92 Å². The Morgan fingerprint density at radius 1 is 1.20 bits per heavy atom. The van der Waals surface area contributed by atoms with Gasteiger partial charge in [0, 0.05) is 38.6 Å². The first-order valence-electron chi connectivity index (χ1n) is 13.3. The average molecular weight is 578 g/mol. The molecule has 2 aliphatic heterocycles. The van der Waals surface area contributed by atoms with Crippen molar-refractivity contribution >= 4 is 27.5 Å². The van der Waals surface area contributed by atoms with E-state index in [2.05, 4.69) is 5.32 Å². The van der Waals surface area contributed by atoms with E-state index in [9.17, 15) is 27.5 Å². The van der Waals surface area contributed by atoms with Crippen molar-refractivity contribution in [3.05, 3.63) is 53.8 Å². The molecule has 3 atom stereocenters. The Morgan fingerprint density at radius 3 is 2.52 bits per heavy atom. The van der Waals surface area contributed by atoms with Crippen molar-refractivity contribution in [3.8, 4) is 5.75 Å². The fraction of sp³-hybridized carbons (Fsp3) is 0.500. The predicted molar refractivity (Wildman–Crippen MR) is 146 cm³/mol. The van der Waals surface area contributed by atoms with E-state index < -0.39 is 28.0 Å². The number of sulfonamides is 1. The Balaban J connectivity index is 1.69. The van der Waals surface area contributed by atoms with Gasteiger partial charge >= 0.3 is 0 Å². The van der Waals surface area contributed by atoms with Crippen LogP contribution in [0.2, 0.25) is 0 Å². The smallest absolute Gasteiger partial charge is 0.258 e. The minimum absolute atomic E-state index is 0.0644. The van der Waals surface area contributed by atoms with E-state index in [-0.39, 0.29) is 59.6 Å². The van der Waals surface area contributed by atoms with E-state index in [0.717, 1.165) is 16.4 Å². The molecular formula is C28H36FN3O7S. The van der Waals surface area contributed by atoms with Gasteiger partial charge in [-0.15, -0.1) is 0 Å². The number of nitrogens with one attached hydrogen (secondary N) is 1. The molecule has 1 fully saturated rings. The number of likely N-dealkylation sites (N-methyl/N-ethyl adjacent to an activating group) is 1. The molecule has 2 heterocycles. The van der Waals surface area contributed by atoms with Crippen LogP contribution in [-0.4, -0.2) is 86.6 Å². The Bertz CT molecular complexity index is 1320. The number of amides is 2. The molecule has 10 nitrogen and oxygen atoms in total. The second-order valence-electron chi connectivity index (χ2n) is 10.4. The topological polar surface area (TPSA) is 125 Å². The number of hydrogen-bond donors (Lipinski definition) is 2. The number of halogens is 1. The minimum atomic E-state index is -3.98. The molecule has 0 spiro atoms. The lowest BCUT2D eigenvalue weighted by atomic mass is 9.98. The van der Waals surface area contributed by atoms with Crippen molar-refractivity contribution in [3.63, 3.8) is 0 Å². The van der Waals surface area contributed by atoms with Crippen molar-refractivity contribution in [1.82, 2.24) is 9.21 Å². The fourth-order valence-electron chi connectivity index (χ4n) is 4.89. The molecule has 0 radical (unpaired) electrons. The highest BCUT2D eigenvalue weighted by Gasteiger charge is 2.36. The van der Waals surface area contributed by atoms with Crippen molar-refractivity contribution in [2.24, 2.45) is 11.8 Å². The van der Waals surface area contributed by atoms with E-state index in [0.29, 0.717) is 31.7 Å². The second kappa shape index (κ2) is 12.6. The third-order valence-electron chi connectivity index (χ3n) is 7.50. The van der Waals surface area contributed by atoms with Gasteiger partial charge < -0.3 is 24.8 Å². The molecule has 2 amide bonds. The summed E-state index contributed by atoms with van der Waals surface area (Å²) < 4.78 is 52.8. The molecule has 0 aliphatic carbocycles. The number of carbonyl (C=O) groups excluding carboxylic acids is 2. The van der Waals surface area contributed by atoms with Crippen LogP contribution in [-0.2, 0) is 19.6 Å². The summed E-state index contributed by atoms with van der Waals surface area (Å²) in [6.07, 6.45) is 0.420. The number of aliphatic hydroxyl groups excluding tert-OH is 1. The highest BCUT2D eigenvalue weighted by molar-refractivity contribution is 7.89. The van der Waals surface area contributed by atoms with Gasteiger partial charge in [-0.05, 0) is 56.2 Å². The monoisotopic (exact) mass is 577 g/mol. The lowest BCUT2D eigenvalue weighted by molar-refractivity contribution is -0.122. The van der Waals surface area contributed by atoms with Gasteiger partial charge in [-0.3, -0.25) is 9.59 Å².